The number of benzene rings is 1. The van der Waals surface area contributed by atoms with Crippen molar-refractivity contribution in [3.63, 3.8) is 0 Å². The Bertz CT molecular complexity index is 444. The summed E-state index contributed by atoms with van der Waals surface area (Å²) in [6.07, 6.45) is 0.871. The summed E-state index contributed by atoms with van der Waals surface area (Å²) in [7, 11) is 1.72. The number of hydrogen-bond acceptors (Lipinski definition) is 3. The zero-order chi connectivity index (χ0) is 14.1. The van der Waals surface area contributed by atoms with Crippen molar-refractivity contribution in [3.05, 3.63) is 35.4 Å². The monoisotopic (exact) mass is 261 g/mol. The fraction of sp³-hybridized carbons (Fsp3) is 0.500. The zero-order valence-corrected chi connectivity index (χ0v) is 12.0. The number of nitrogens with two attached hydrogens (primary N) is 1. The van der Waals surface area contributed by atoms with E-state index in [1.54, 1.807) is 7.11 Å². The first-order valence-corrected chi connectivity index (χ1v) is 6.48. The van der Waals surface area contributed by atoms with Crippen molar-refractivity contribution in [1.82, 2.24) is 0 Å². The van der Waals surface area contributed by atoms with Crippen LogP contribution in [0.3, 0.4) is 0 Å². The van der Waals surface area contributed by atoms with E-state index in [1.165, 1.54) is 0 Å². The van der Waals surface area contributed by atoms with Gasteiger partial charge < -0.3 is 15.2 Å². The van der Waals surface area contributed by atoms with Crippen molar-refractivity contribution >= 4 is 0 Å². The Hall–Kier alpha value is -1.34. The minimum absolute atomic E-state index is 0.131. The molecule has 19 heavy (non-hydrogen) atoms. The van der Waals surface area contributed by atoms with E-state index in [0.29, 0.717) is 19.8 Å². The highest BCUT2D eigenvalue weighted by Crippen LogP contribution is 2.13. The quantitative estimate of drug-likeness (QED) is 0.631. The van der Waals surface area contributed by atoms with Crippen molar-refractivity contribution in [2.75, 3.05) is 20.3 Å². The van der Waals surface area contributed by atoms with Crippen molar-refractivity contribution in [1.29, 1.82) is 0 Å². The molecule has 0 amide bonds. The molecule has 0 unspecified atom stereocenters. The lowest BCUT2D eigenvalue weighted by atomic mass is 10.1. The Morgan fingerprint density at radius 1 is 1.32 bits per heavy atom. The third kappa shape index (κ3) is 6.40. The molecule has 3 heteroatoms. The van der Waals surface area contributed by atoms with Crippen molar-refractivity contribution in [3.8, 4) is 11.8 Å². The molecule has 0 aliphatic carbocycles. The predicted octanol–water partition coefficient (Wildman–Crippen LogP) is 2.33. The Morgan fingerprint density at radius 2 is 2.11 bits per heavy atom. The molecule has 0 aliphatic heterocycles. The van der Waals surface area contributed by atoms with E-state index < -0.39 is 0 Å². The molecule has 0 aliphatic rings. The molecule has 0 aromatic heterocycles. The molecule has 1 aromatic rings. The second-order valence-electron chi connectivity index (χ2n) is 4.97. The summed E-state index contributed by atoms with van der Waals surface area (Å²) < 4.78 is 11.0. The molecule has 2 N–H and O–H groups in total. The summed E-state index contributed by atoms with van der Waals surface area (Å²) in [6, 6.07) is 8.03. The Kier molecular flexibility index (Phi) is 6.58. The lowest BCUT2D eigenvalue weighted by Gasteiger charge is -2.22. The minimum atomic E-state index is -0.131. The fourth-order valence-corrected chi connectivity index (χ4v) is 1.50. The van der Waals surface area contributed by atoms with Gasteiger partial charge >= 0.3 is 0 Å². The lowest BCUT2D eigenvalue weighted by Crippen LogP contribution is -2.24. The Balaban J connectivity index is 2.41. The summed E-state index contributed by atoms with van der Waals surface area (Å²) in [5.74, 6) is 5.86. The summed E-state index contributed by atoms with van der Waals surface area (Å²) in [6.45, 7) is 5.77. The van der Waals surface area contributed by atoms with Gasteiger partial charge in [-0.15, -0.1) is 0 Å². The van der Waals surface area contributed by atoms with Gasteiger partial charge in [-0.2, -0.15) is 0 Å². The van der Waals surface area contributed by atoms with Gasteiger partial charge in [0.05, 0.1) is 18.8 Å². The van der Waals surface area contributed by atoms with Gasteiger partial charge in [-0.25, -0.2) is 0 Å². The highest BCUT2D eigenvalue weighted by molar-refractivity contribution is 5.37. The van der Waals surface area contributed by atoms with Gasteiger partial charge in [0.15, 0.2) is 0 Å². The van der Waals surface area contributed by atoms with Gasteiger partial charge in [0, 0.05) is 19.3 Å². The van der Waals surface area contributed by atoms with Crippen molar-refractivity contribution in [2.45, 2.75) is 32.5 Å². The number of methoxy groups -OCH3 is 1. The minimum Gasteiger partial charge on any atom is -0.379 e. The molecule has 0 fully saturated rings. The molecule has 104 valence electrons. The van der Waals surface area contributed by atoms with Crippen LogP contribution < -0.4 is 5.73 Å². The van der Waals surface area contributed by atoms with Gasteiger partial charge in [0.2, 0.25) is 0 Å². The van der Waals surface area contributed by atoms with E-state index in [4.69, 9.17) is 15.2 Å². The molecule has 0 saturated carbocycles. The summed E-state index contributed by atoms with van der Waals surface area (Å²) >= 11 is 0. The first-order valence-electron chi connectivity index (χ1n) is 6.48. The topological polar surface area (TPSA) is 44.5 Å². The number of rotatable bonds is 6. The predicted molar refractivity (Wildman–Crippen MR) is 77.7 cm³/mol. The molecule has 0 heterocycles. The zero-order valence-electron chi connectivity index (χ0n) is 12.0. The van der Waals surface area contributed by atoms with Crippen molar-refractivity contribution in [2.24, 2.45) is 5.73 Å². The maximum Gasteiger partial charge on any atom is 0.0717 e. The van der Waals surface area contributed by atoms with E-state index in [9.17, 15) is 0 Å². The van der Waals surface area contributed by atoms with Gasteiger partial charge in [-0.1, -0.05) is 24.0 Å². The maximum atomic E-state index is 5.66. The highest BCUT2D eigenvalue weighted by atomic mass is 16.5. The molecule has 3 nitrogen and oxygen atoms in total. The van der Waals surface area contributed by atoms with Crippen LogP contribution in [-0.4, -0.2) is 25.9 Å². The second-order valence-corrected chi connectivity index (χ2v) is 4.97. The summed E-state index contributed by atoms with van der Waals surface area (Å²) in [5.41, 5.74) is 7.33. The SMILES string of the molecule is COC(C)(C)CCOCc1cccc(C#CCN)c1. The van der Waals surface area contributed by atoms with Gasteiger partial charge in [-0.05, 0) is 38.0 Å². The van der Waals surface area contributed by atoms with E-state index in [1.807, 2.05) is 24.3 Å². The maximum absolute atomic E-state index is 5.66. The van der Waals surface area contributed by atoms with Crippen LogP contribution in [0.5, 0.6) is 0 Å². The van der Waals surface area contributed by atoms with Crippen LogP contribution in [-0.2, 0) is 16.1 Å². The summed E-state index contributed by atoms with van der Waals surface area (Å²) in [4.78, 5) is 0. The van der Waals surface area contributed by atoms with Crippen LogP contribution in [0.4, 0.5) is 0 Å². The number of hydrogen-bond donors (Lipinski definition) is 1. The molecule has 0 saturated heterocycles. The third-order valence-electron chi connectivity index (χ3n) is 2.93. The van der Waals surface area contributed by atoms with E-state index in [-0.39, 0.29) is 5.60 Å². The Morgan fingerprint density at radius 3 is 2.79 bits per heavy atom. The van der Waals surface area contributed by atoms with Crippen LogP contribution in [0.25, 0.3) is 0 Å². The molecule has 0 radical (unpaired) electrons. The fourth-order valence-electron chi connectivity index (χ4n) is 1.50. The van der Waals surface area contributed by atoms with Crippen LogP contribution in [0, 0.1) is 11.8 Å². The standard InChI is InChI=1S/C16H23NO2/c1-16(2,18-3)9-11-19-13-15-7-4-6-14(12-15)8-5-10-17/h4,6-7,12H,9-11,13,17H2,1-3H3. The van der Waals surface area contributed by atoms with Crippen molar-refractivity contribution < 1.29 is 9.47 Å². The van der Waals surface area contributed by atoms with Gasteiger partial charge in [0.25, 0.3) is 0 Å². The molecule has 1 rings (SSSR count). The van der Waals surface area contributed by atoms with E-state index >= 15 is 0 Å². The number of ether oxygens (including phenoxy) is 2. The molecular weight excluding hydrogens is 238 g/mol. The normalized spacial score (nSPS) is 10.9. The van der Waals surface area contributed by atoms with Crippen LogP contribution in [0.2, 0.25) is 0 Å². The van der Waals surface area contributed by atoms with E-state index in [2.05, 4.69) is 25.7 Å². The molecule has 0 bridgehead atoms. The van der Waals surface area contributed by atoms with Crippen LogP contribution in [0.1, 0.15) is 31.4 Å². The first kappa shape index (κ1) is 15.7. The van der Waals surface area contributed by atoms with Gasteiger partial charge in [-0.3, -0.25) is 0 Å². The average Bonchev–Trinajstić information content (AvgIpc) is 2.42. The Labute approximate surface area is 116 Å². The molecule has 0 spiro atoms. The van der Waals surface area contributed by atoms with E-state index in [0.717, 1.165) is 17.5 Å². The second kappa shape index (κ2) is 7.96. The molecule has 0 atom stereocenters. The molecular formula is C16H23NO2. The third-order valence-corrected chi connectivity index (χ3v) is 2.93. The highest BCUT2D eigenvalue weighted by Gasteiger charge is 2.15. The summed E-state index contributed by atoms with van der Waals surface area (Å²) in [5, 5.41) is 0. The smallest absolute Gasteiger partial charge is 0.0717 e. The lowest BCUT2D eigenvalue weighted by molar-refractivity contribution is -0.0124. The van der Waals surface area contributed by atoms with Crippen LogP contribution >= 0.6 is 0 Å². The molecule has 1 aromatic carbocycles. The largest absolute Gasteiger partial charge is 0.379 e. The first-order chi connectivity index (χ1) is 9.07. The van der Waals surface area contributed by atoms with Crippen LogP contribution in [0.15, 0.2) is 24.3 Å². The average molecular weight is 261 g/mol. The van der Waals surface area contributed by atoms with Gasteiger partial charge in [0.1, 0.15) is 0 Å².